The smallest absolute Gasteiger partial charge is 0.228 e. The fourth-order valence-electron chi connectivity index (χ4n) is 2.91. The lowest BCUT2D eigenvalue weighted by atomic mass is 10.1. The van der Waals surface area contributed by atoms with Crippen LogP contribution in [0.4, 0.5) is 5.69 Å². The summed E-state index contributed by atoms with van der Waals surface area (Å²) in [6.45, 7) is 0.602. The van der Waals surface area contributed by atoms with Crippen molar-refractivity contribution in [3.63, 3.8) is 0 Å². The Balaban J connectivity index is 1.51. The second-order valence-corrected chi connectivity index (χ2v) is 6.46. The Morgan fingerprint density at radius 3 is 2.69 bits per heavy atom. The van der Waals surface area contributed by atoms with Crippen LogP contribution in [0.1, 0.15) is 17.5 Å². The summed E-state index contributed by atoms with van der Waals surface area (Å²) >= 11 is 0. The monoisotopic (exact) mass is 348 g/mol. The Morgan fingerprint density at radius 1 is 1.23 bits per heavy atom. The van der Waals surface area contributed by atoms with E-state index in [4.69, 9.17) is 5.26 Å². The Morgan fingerprint density at radius 2 is 1.96 bits per heavy atom. The minimum Gasteiger partial charge on any atom is -0.345 e. The molecule has 26 heavy (non-hydrogen) atoms. The van der Waals surface area contributed by atoms with E-state index in [1.54, 1.807) is 48.6 Å². The number of likely N-dealkylation sites (N-methyl/N-ethyl adjacent to an activating group) is 1. The number of hydrogen-bond acceptors (Lipinski definition) is 4. The van der Waals surface area contributed by atoms with Crippen LogP contribution in [-0.2, 0) is 16.0 Å². The number of nitrogens with one attached hydrogen (secondary N) is 1. The van der Waals surface area contributed by atoms with Crippen LogP contribution in [-0.4, -0.2) is 35.3 Å². The summed E-state index contributed by atoms with van der Waals surface area (Å²) in [5.74, 6) is -0.800. The van der Waals surface area contributed by atoms with Gasteiger partial charge >= 0.3 is 0 Å². The van der Waals surface area contributed by atoms with Crippen LogP contribution in [0.2, 0.25) is 0 Å². The second kappa shape index (κ2) is 7.79. The average molecular weight is 348 g/mol. The summed E-state index contributed by atoms with van der Waals surface area (Å²) < 4.78 is 0. The number of carbonyl (C=O) groups is 2. The summed E-state index contributed by atoms with van der Waals surface area (Å²) in [6, 6.07) is 12.8. The number of anilines is 1. The van der Waals surface area contributed by atoms with Crippen LogP contribution in [0.5, 0.6) is 0 Å². The molecule has 3 rings (SSSR count). The van der Waals surface area contributed by atoms with E-state index in [0.717, 1.165) is 12.0 Å². The largest absolute Gasteiger partial charge is 0.345 e. The molecule has 1 aromatic carbocycles. The quantitative estimate of drug-likeness (QED) is 0.867. The number of benzene rings is 1. The summed E-state index contributed by atoms with van der Waals surface area (Å²) in [4.78, 5) is 30.5. The number of carbonyl (C=O) groups excluding carboxylic acids is 2. The molecular weight excluding hydrogens is 328 g/mol. The standard InChI is InChI=1S/C20H20N4O2/c1-24(11-8-14-6-9-22-10-7-14)20(26)17-12-16(17)19(25)23-18-5-3-2-4-15(18)13-21/h2-7,9-10,16-17H,8,11-12H2,1H3,(H,23,25). The SMILES string of the molecule is CN(CCc1ccncc1)C(=O)C1CC1C(=O)Nc1ccccc1C#N. The predicted molar refractivity (Wildman–Crippen MR) is 97.0 cm³/mol. The average Bonchev–Trinajstić information content (AvgIpc) is 3.47. The first-order valence-corrected chi connectivity index (χ1v) is 8.54. The van der Waals surface area contributed by atoms with Crippen molar-refractivity contribution >= 4 is 17.5 Å². The first-order valence-electron chi connectivity index (χ1n) is 8.54. The van der Waals surface area contributed by atoms with Gasteiger partial charge in [-0.15, -0.1) is 0 Å². The molecule has 1 fully saturated rings. The lowest BCUT2D eigenvalue weighted by molar-refractivity contribution is -0.132. The van der Waals surface area contributed by atoms with E-state index in [1.807, 2.05) is 12.1 Å². The van der Waals surface area contributed by atoms with Crippen molar-refractivity contribution in [2.24, 2.45) is 11.8 Å². The molecule has 1 aliphatic carbocycles. The zero-order valence-corrected chi connectivity index (χ0v) is 14.6. The first-order chi connectivity index (χ1) is 12.6. The molecule has 1 aliphatic rings. The highest BCUT2D eigenvalue weighted by atomic mass is 16.2. The Hall–Kier alpha value is -3.20. The molecule has 0 saturated heterocycles. The van der Waals surface area contributed by atoms with Gasteiger partial charge in [0.1, 0.15) is 6.07 Å². The number of hydrogen-bond donors (Lipinski definition) is 1. The highest BCUT2D eigenvalue weighted by Crippen LogP contribution is 2.40. The third kappa shape index (κ3) is 4.06. The summed E-state index contributed by atoms with van der Waals surface area (Å²) in [5, 5.41) is 11.9. The molecule has 1 saturated carbocycles. The van der Waals surface area contributed by atoms with E-state index in [-0.39, 0.29) is 23.7 Å². The van der Waals surface area contributed by atoms with E-state index < -0.39 is 0 Å². The number of nitriles is 1. The van der Waals surface area contributed by atoms with Crippen molar-refractivity contribution in [3.05, 3.63) is 59.9 Å². The maximum absolute atomic E-state index is 12.5. The van der Waals surface area contributed by atoms with Crippen LogP contribution >= 0.6 is 0 Å². The van der Waals surface area contributed by atoms with Gasteiger partial charge in [0.05, 0.1) is 23.1 Å². The maximum atomic E-state index is 12.5. The molecule has 1 aromatic heterocycles. The first kappa shape index (κ1) is 17.6. The molecule has 0 spiro atoms. The minimum atomic E-state index is -0.322. The Kier molecular flexibility index (Phi) is 5.28. The minimum absolute atomic E-state index is 0.00669. The normalized spacial score (nSPS) is 17.8. The topological polar surface area (TPSA) is 86.1 Å². The van der Waals surface area contributed by atoms with Gasteiger partial charge in [-0.2, -0.15) is 5.26 Å². The molecule has 2 aromatic rings. The van der Waals surface area contributed by atoms with E-state index in [9.17, 15) is 9.59 Å². The lowest BCUT2D eigenvalue weighted by Crippen LogP contribution is -2.31. The number of aromatic nitrogens is 1. The van der Waals surface area contributed by atoms with Crippen molar-refractivity contribution in [3.8, 4) is 6.07 Å². The van der Waals surface area contributed by atoms with Crippen molar-refractivity contribution in [2.75, 3.05) is 18.9 Å². The van der Waals surface area contributed by atoms with E-state index >= 15 is 0 Å². The Labute approximate surface area is 152 Å². The Bertz CT molecular complexity index is 844. The molecule has 2 atom stereocenters. The molecule has 1 heterocycles. The van der Waals surface area contributed by atoms with Gasteiger partial charge in [-0.3, -0.25) is 14.6 Å². The molecule has 0 aliphatic heterocycles. The van der Waals surface area contributed by atoms with Gasteiger partial charge in [0.25, 0.3) is 0 Å². The molecule has 2 unspecified atom stereocenters. The van der Waals surface area contributed by atoms with Crippen LogP contribution in [0.25, 0.3) is 0 Å². The molecule has 132 valence electrons. The van der Waals surface area contributed by atoms with Gasteiger partial charge in [0.2, 0.25) is 11.8 Å². The van der Waals surface area contributed by atoms with Crippen LogP contribution in [0, 0.1) is 23.2 Å². The molecule has 0 bridgehead atoms. The zero-order chi connectivity index (χ0) is 18.5. The van der Waals surface area contributed by atoms with Crippen molar-refractivity contribution in [2.45, 2.75) is 12.8 Å². The predicted octanol–water partition coefficient (Wildman–Crippen LogP) is 2.23. The highest BCUT2D eigenvalue weighted by Gasteiger charge is 2.49. The van der Waals surface area contributed by atoms with Gasteiger partial charge in [0.15, 0.2) is 0 Å². The van der Waals surface area contributed by atoms with Crippen LogP contribution in [0.15, 0.2) is 48.8 Å². The van der Waals surface area contributed by atoms with Crippen molar-refractivity contribution < 1.29 is 9.59 Å². The molecule has 6 heteroatoms. The maximum Gasteiger partial charge on any atom is 0.228 e. The van der Waals surface area contributed by atoms with Crippen molar-refractivity contribution in [1.82, 2.24) is 9.88 Å². The van der Waals surface area contributed by atoms with Crippen molar-refractivity contribution in [1.29, 1.82) is 5.26 Å². The number of pyridine rings is 1. The number of amides is 2. The van der Waals surface area contributed by atoms with E-state index in [0.29, 0.717) is 24.2 Å². The summed E-state index contributed by atoms with van der Waals surface area (Å²) in [6.07, 6.45) is 4.78. The van der Waals surface area contributed by atoms with Crippen LogP contribution < -0.4 is 5.32 Å². The van der Waals surface area contributed by atoms with Gasteiger partial charge in [-0.25, -0.2) is 0 Å². The molecule has 0 radical (unpaired) electrons. The molecule has 2 amide bonds. The fraction of sp³-hybridized carbons (Fsp3) is 0.300. The molecule has 1 N–H and O–H groups in total. The summed E-state index contributed by atoms with van der Waals surface area (Å²) in [7, 11) is 1.77. The van der Waals surface area contributed by atoms with Gasteiger partial charge in [-0.05, 0) is 42.7 Å². The van der Waals surface area contributed by atoms with Gasteiger partial charge < -0.3 is 10.2 Å². The van der Waals surface area contributed by atoms with Gasteiger partial charge in [0, 0.05) is 26.0 Å². The molecular formula is C20H20N4O2. The number of rotatable bonds is 6. The fourth-order valence-corrected chi connectivity index (χ4v) is 2.91. The zero-order valence-electron chi connectivity index (χ0n) is 14.6. The van der Waals surface area contributed by atoms with E-state index in [1.165, 1.54) is 0 Å². The van der Waals surface area contributed by atoms with Gasteiger partial charge in [-0.1, -0.05) is 12.1 Å². The van der Waals surface area contributed by atoms with Crippen LogP contribution in [0.3, 0.4) is 0 Å². The second-order valence-electron chi connectivity index (χ2n) is 6.46. The molecule has 6 nitrogen and oxygen atoms in total. The van der Waals surface area contributed by atoms with E-state index in [2.05, 4.69) is 16.4 Å². The highest BCUT2D eigenvalue weighted by molar-refractivity contribution is 6.00. The number of nitrogens with zero attached hydrogens (tertiary/aromatic N) is 3. The lowest BCUT2D eigenvalue weighted by Gasteiger charge is -2.17. The third-order valence-corrected chi connectivity index (χ3v) is 4.61. The summed E-state index contributed by atoms with van der Waals surface area (Å²) in [5.41, 5.74) is 2.03. The third-order valence-electron chi connectivity index (χ3n) is 4.61. The number of para-hydroxylation sites is 1.